The lowest BCUT2D eigenvalue weighted by Gasteiger charge is -2.29. The Kier molecular flexibility index (Phi) is 4.88. The number of anilines is 2. The summed E-state index contributed by atoms with van der Waals surface area (Å²) in [5.74, 6) is -1.78. The molecule has 0 saturated carbocycles. The molecule has 0 unspecified atom stereocenters. The number of carbonyl (C=O) groups is 2. The largest absolute Gasteiger partial charge is 0.273 e. The first-order valence-electron chi connectivity index (χ1n) is 9.85. The number of fused-ring (bicyclic) bond motifs is 1. The van der Waals surface area contributed by atoms with Crippen LogP contribution in [0.25, 0.3) is 0 Å². The number of rotatable bonds is 4. The molecule has 3 aromatic rings. The summed E-state index contributed by atoms with van der Waals surface area (Å²) >= 11 is 6.47. The quantitative estimate of drug-likeness (QED) is 0.335. The Labute approximate surface area is 187 Å². The molecule has 2 fully saturated rings. The number of halogens is 1. The first kappa shape index (κ1) is 20.2. The summed E-state index contributed by atoms with van der Waals surface area (Å²) in [6.07, 6.45) is -1.08. The van der Waals surface area contributed by atoms with Gasteiger partial charge in [0, 0.05) is 17.2 Å². The van der Waals surface area contributed by atoms with E-state index in [4.69, 9.17) is 16.4 Å². The predicted molar refractivity (Wildman–Crippen MR) is 117 cm³/mol. The van der Waals surface area contributed by atoms with Crippen molar-refractivity contribution in [1.82, 2.24) is 0 Å². The zero-order chi connectivity index (χ0) is 22.4. The molecule has 0 radical (unpaired) electrons. The van der Waals surface area contributed by atoms with Gasteiger partial charge in [-0.3, -0.25) is 24.5 Å². The second kappa shape index (κ2) is 7.74. The SMILES string of the molecule is O=C1[C@@H]2[C@@H](ON(c3cccc([N+](=O)[O-])c3)[C@H]2c2ccccc2Cl)C(=O)N1c1ccccc1. The summed E-state index contributed by atoms with van der Waals surface area (Å²) < 4.78 is 0. The molecule has 2 aliphatic rings. The van der Waals surface area contributed by atoms with Gasteiger partial charge in [-0.05, 0) is 29.8 Å². The number of nitrogens with zero attached hydrogens (tertiary/aromatic N) is 3. The predicted octanol–water partition coefficient (Wildman–Crippen LogP) is 4.30. The van der Waals surface area contributed by atoms with Crippen LogP contribution in [0.2, 0.25) is 5.02 Å². The number of hydrogen-bond acceptors (Lipinski definition) is 6. The molecule has 2 aliphatic heterocycles. The summed E-state index contributed by atoms with van der Waals surface area (Å²) in [5.41, 5.74) is 1.26. The van der Waals surface area contributed by atoms with Crippen LogP contribution in [0.15, 0.2) is 78.9 Å². The number of para-hydroxylation sites is 1. The van der Waals surface area contributed by atoms with Crippen LogP contribution in [0.1, 0.15) is 11.6 Å². The first-order valence-corrected chi connectivity index (χ1v) is 10.2. The van der Waals surface area contributed by atoms with E-state index in [1.165, 1.54) is 23.3 Å². The number of benzene rings is 3. The van der Waals surface area contributed by atoms with E-state index in [1.807, 2.05) is 0 Å². The fraction of sp³-hybridized carbons (Fsp3) is 0.130. The van der Waals surface area contributed by atoms with Crippen molar-refractivity contribution in [2.75, 3.05) is 9.96 Å². The van der Waals surface area contributed by atoms with Crippen LogP contribution >= 0.6 is 11.6 Å². The third-order valence-electron chi connectivity index (χ3n) is 5.65. The van der Waals surface area contributed by atoms with Crippen molar-refractivity contribution >= 4 is 40.5 Å². The maximum absolute atomic E-state index is 13.5. The van der Waals surface area contributed by atoms with E-state index in [1.54, 1.807) is 60.7 Å². The van der Waals surface area contributed by atoms with Crippen LogP contribution in [0.4, 0.5) is 17.1 Å². The Morgan fingerprint density at radius 1 is 0.875 bits per heavy atom. The van der Waals surface area contributed by atoms with E-state index in [-0.39, 0.29) is 5.69 Å². The normalized spacial score (nSPS) is 22.3. The Balaban J connectivity index is 1.62. The molecule has 9 heteroatoms. The molecule has 2 heterocycles. The highest BCUT2D eigenvalue weighted by Gasteiger charge is 2.60. The topological polar surface area (TPSA) is 93.0 Å². The molecule has 2 amide bonds. The molecular formula is C23H16ClN3O5. The number of carbonyl (C=O) groups excluding carboxylic acids is 2. The fourth-order valence-corrected chi connectivity index (χ4v) is 4.49. The smallest absolute Gasteiger partial charge is 0.271 e. The van der Waals surface area contributed by atoms with Crippen LogP contribution in [0.5, 0.6) is 0 Å². The van der Waals surface area contributed by atoms with Crippen LogP contribution in [-0.4, -0.2) is 22.8 Å². The highest BCUT2D eigenvalue weighted by molar-refractivity contribution is 6.31. The van der Waals surface area contributed by atoms with E-state index in [0.29, 0.717) is 22.0 Å². The number of amides is 2. The number of nitro benzene ring substituents is 1. The van der Waals surface area contributed by atoms with E-state index in [0.717, 1.165) is 4.90 Å². The second-order valence-electron chi connectivity index (χ2n) is 7.47. The Morgan fingerprint density at radius 2 is 1.56 bits per heavy atom. The van der Waals surface area contributed by atoms with Crippen LogP contribution < -0.4 is 9.96 Å². The molecule has 32 heavy (non-hydrogen) atoms. The Bertz CT molecular complexity index is 1240. The second-order valence-corrected chi connectivity index (χ2v) is 7.88. The molecule has 0 aromatic heterocycles. The maximum Gasteiger partial charge on any atom is 0.271 e. The van der Waals surface area contributed by atoms with Gasteiger partial charge in [0.05, 0.1) is 22.3 Å². The zero-order valence-corrected chi connectivity index (χ0v) is 17.3. The lowest BCUT2D eigenvalue weighted by atomic mass is 9.90. The van der Waals surface area contributed by atoms with Gasteiger partial charge >= 0.3 is 0 Å². The van der Waals surface area contributed by atoms with E-state index in [9.17, 15) is 19.7 Å². The molecule has 0 N–H and O–H groups in total. The summed E-state index contributed by atoms with van der Waals surface area (Å²) in [6.45, 7) is 0. The van der Waals surface area contributed by atoms with Crippen LogP contribution in [0.3, 0.4) is 0 Å². The number of hydroxylamine groups is 1. The van der Waals surface area contributed by atoms with Crippen LogP contribution in [0, 0.1) is 16.0 Å². The highest BCUT2D eigenvalue weighted by Crippen LogP contribution is 2.49. The Hall–Kier alpha value is -3.75. The number of non-ortho nitro benzene ring substituents is 1. The summed E-state index contributed by atoms with van der Waals surface area (Å²) in [7, 11) is 0. The van der Waals surface area contributed by atoms with Crippen molar-refractivity contribution in [2.45, 2.75) is 12.1 Å². The zero-order valence-electron chi connectivity index (χ0n) is 16.5. The van der Waals surface area contributed by atoms with Gasteiger partial charge in [-0.2, -0.15) is 0 Å². The molecule has 3 aromatic carbocycles. The van der Waals surface area contributed by atoms with Gasteiger partial charge in [-0.1, -0.05) is 54.1 Å². The average molecular weight is 450 g/mol. The monoisotopic (exact) mass is 449 g/mol. The van der Waals surface area contributed by atoms with Gasteiger partial charge in [0.15, 0.2) is 6.10 Å². The standard InChI is InChI=1S/C23H16ClN3O5/c24-18-12-5-4-11-17(18)20-19-21(23(29)25(22(19)28)14-7-2-1-3-8-14)32-26(20)15-9-6-10-16(13-15)27(30)31/h1-13,19-21H/t19-,20-,21+/m0/s1. The number of imide groups is 1. The lowest BCUT2D eigenvalue weighted by Crippen LogP contribution is -2.37. The summed E-state index contributed by atoms with van der Waals surface area (Å²) in [5, 5.41) is 13.1. The van der Waals surface area contributed by atoms with Crippen molar-refractivity contribution in [2.24, 2.45) is 5.92 Å². The first-order chi connectivity index (χ1) is 15.5. The van der Waals surface area contributed by atoms with Gasteiger partial charge in [0.1, 0.15) is 5.92 Å². The number of nitro groups is 1. The molecule has 2 saturated heterocycles. The van der Waals surface area contributed by atoms with E-state index < -0.39 is 34.8 Å². The minimum atomic E-state index is -1.08. The van der Waals surface area contributed by atoms with Gasteiger partial charge in [0.2, 0.25) is 5.91 Å². The third-order valence-corrected chi connectivity index (χ3v) is 5.99. The van der Waals surface area contributed by atoms with Crippen molar-refractivity contribution in [3.63, 3.8) is 0 Å². The minimum absolute atomic E-state index is 0.135. The molecule has 5 rings (SSSR count). The molecule has 0 spiro atoms. The van der Waals surface area contributed by atoms with Gasteiger partial charge in [-0.25, -0.2) is 9.96 Å². The van der Waals surface area contributed by atoms with Crippen LogP contribution in [-0.2, 0) is 14.4 Å². The summed E-state index contributed by atoms with van der Waals surface area (Å²) in [6, 6.07) is 20.7. The van der Waals surface area contributed by atoms with Crippen molar-refractivity contribution in [1.29, 1.82) is 0 Å². The molecule has 0 aliphatic carbocycles. The van der Waals surface area contributed by atoms with Gasteiger partial charge in [0.25, 0.3) is 11.6 Å². The highest BCUT2D eigenvalue weighted by atomic mass is 35.5. The van der Waals surface area contributed by atoms with Gasteiger partial charge in [-0.15, -0.1) is 0 Å². The molecular weight excluding hydrogens is 434 g/mol. The van der Waals surface area contributed by atoms with Gasteiger partial charge < -0.3 is 0 Å². The maximum atomic E-state index is 13.5. The van der Waals surface area contributed by atoms with E-state index >= 15 is 0 Å². The third kappa shape index (κ3) is 3.12. The van der Waals surface area contributed by atoms with Crippen molar-refractivity contribution in [3.8, 4) is 0 Å². The Morgan fingerprint density at radius 3 is 2.28 bits per heavy atom. The molecule has 8 nitrogen and oxygen atoms in total. The molecule has 3 atom stereocenters. The van der Waals surface area contributed by atoms with E-state index in [2.05, 4.69) is 0 Å². The average Bonchev–Trinajstić information content (AvgIpc) is 3.31. The molecule has 160 valence electrons. The molecule has 0 bridgehead atoms. The van der Waals surface area contributed by atoms with Crippen molar-refractivity contribution in [3.05, 3.63) is 99.6 Å². The summed E-state index contributed by atoms with van der Waals surface area (Å²) in [4.78, 5) is 44.6. The fourth-order valence-electron chi connectivity index (χ4n) is 4.24. The van der Waals surface area contributed by atoms with Crippen molar-refractivity contribution < 1.29 is 19.3 Å². The number of hydrogen-bond donors (Lipinski definition) is 0. The lowest BCUT2D eigenvalue weighted by molar-refractivity contribution is -0.384. The minimum Gasteiger partial charge on any atom is -0.273 e.